The van der Waals surface area contributed by atoms with Crippen LogP contribution in [0.3, 0.4) is 0 Å². The Kier molecular flexibility index (Phi) is 7.09. The third kappa shape index (κ3) is 5.25. The van der Waals surface area contributed by atoms with Crippen LogP contribution < -0.4 is 4.90 Å². The maximum atomic E-state index is 13.1. The Morgan fingerprint density at radius 1 is 0.879 bits per heavy atom. The number of halogens is 1. The van der Waals surface area contributed by atoms with E-state index in [4.69, 9.17) is 4.74 Å². The maximum Gasteiger partial charge on any atom is 0.340 e. The van der Waals surface area contributed by atoms with Crippen molar-refractivity contribution in [1.82, 2.24) is 4.31 Å². The molecular formula is C24H27FN2O5S. The van der Waals surface area contributed by atoms with Gasteiger partial charge in [0.1, 0.15) is 5.82 Å². The molecule has 0 aromatic heterocycles. The lowest BCUT2D eigenvalue weighted by atomic mass is 10.1. The summed E-state index contributed by atoms with van der Waals surface area (Å²) in [5, 5.41) is 0. The summed E-state index contributed by atoms with van der Waals surface area (Å²) in [6, 6.07) is 9.53. The summed E-state index contributed by atoms with van der Waals surface area (Å²) in [6.45, 7) is 1.91. The third-order valence-electron chi connectivity index (χ3n) is 6.09. The second-order valence-corrected chi connectivity index (χ2v) is 10.3. The lowest BCUT2D eigenvalue weighted by Gasteiger charge is -2.27. The average Bonchev–Trinajstić information content (AvgIpc) is 3.38. The number of carbonyl (C=O) groups is 2. The van der Waals surface area contributed by atoms with Crippen molar-refractivity contribution in [3.63, 3.8) is 0 Å². The number of benzene rings is 2. The molecule has 0 radical (unpaired) electrons. The van der Waals surface area contributed by atoms with Gasteiger partial charge in [0.05, 0.1) is 16.1 Å². The molecule has 0 atom stereocenters. The molecule has 0 amide bonds. The van der Waals surface area contributed by atoms with Crippen molar-refractivity contribution < 1.29 is 27.1 Å². The quantitative estimate of drug-likeness (QED) is 0.450. The van der Waals surface area contributed by atoms with Gasteiger partial charge in [-0.3, -0.25) is 4.79 Å². The summed E-state index contributed by atoms with van der Waals surface area (Å²) in [6.07, 6.45) is 4.58. The topological polar surface area (TPSA) is 84.0 Å². The first-order valence-electron chi connectivity index (χ1n) is 11.2. The fourth-order valence-corrected chi connectivity index (χ4v) is 5.80. The molecule has 2 aromatic rings. The Labute approximate surface area is 193 Å². The smallest absolute Gasteiger partial charge is 0.340 e. The van der Waals surface area contributed by atoms with Gasteiger partial charge in [-0.1, -0.05) is 6.42 Å². The molecule has 0 bridgehead atoms. The minimum absolute atomic E-state index is 0.0455. The number of nitrogens with zero attached hydrogens (tertiary/aromatic N) is 2. The van der Waals surface area contributed by atoms with Gasteiger partial charge in [-0.2, -0.15) is 4.31 Å². The Morgan fingerprint density at radius 2 is 1.52 bits per heavy atom. The number of esters is 1. The fraction of sp³-hybridized carbons (Fsp3) is 0.417. The molecule has 2 aliphatic rings. The highest BCUT2D eigenvalue weighted by Gasteiger charge is 2.29. The normalized spacial score (nSPS) is 17.2. The molecule has 0 saturated carbocycles. The molecule has 4 rings (SSSR count). The largest absolute Gasteiger partial charge is 0.454 e. The molecule has 7 nitrogen and oxygen atoms in total. The van der Waals surface area contributed by atoms with Crippen molar-refractivity contribution in [2.24, 2.45) is 0 Å². The van der Waals surface area contributed by atoms with Gasteiger partial charge in [-0.05, 0) is 68.1 Å². The Balaban J connectivity index is 1.58. The van der Waals surface area contributed by atoms with Crippen LogP contribution >= 0.6 is 0 Å². The molecule has 2 aliphatic heterocycles. The fourth-order valence-electron chi connectivity index (χ4n) is 4.26. The minimum atomic E-state index is -3.73. The van der Waals surface area contributed by atoms with E-state index in [0.717, 1.165) is 57.3 Å². The zero-order chi connectivity index (χ0) is 23.4. The van der Waals surface area contributed by atoms with E-state index in [1.165, 1.54) is 28.6 Å². The second-order valence-electron chi connectivity index (χ2n) is 8.34. The number of piperidine rings is 1. The number of carbonyl (C=O) groups excluding carboxylic acids is 2. The predicted octanol–water partition coefficient (Wildman–Crippen LogP) is 3.64. The van der Waals surface area contributed by atoms with Crippen molar-refractivity contribution in [2.45, 2.75) is 37.0 Å². The van der Waals surface area contributed by atoms with Crippen molar-refractivity contribution in [1.29, 1.82) is 0 Å². The van der Waals surface area contributed by atoms with E-state index < -0.39 is 34.2 Å². The number of ether oxygens (including phenoxy) is 1. The molecule has 0 spiro atoms. The lowest BCUT2D eigenvalue weighted by molar-refractivity contribution is 0.0475. The van der Waals surface area contributed by atoms with E-state index in [-0.39, 0.29) is 16.0 Å². The number of Topliss-reactive ketones (excluding diaryl/α,β-unsaturated/α-hetero) is 1. The van der Waals surface area contributed by atoms with Crippen LogP contribution in [0.5, 0.6) is 0 Å². The maximum absolute atomic E-state index is 13.1. The van der Waals surface area contributed by atoms with Crippen molar-refractivity contribution >= 4 is 27.5 Å². The molecule has 0 aliphatic carbocycles. The van der Waals surface area contributed by atoms with Crippen LogP contribution in [0.1, 0.15) is 52.8 Å². The van der Waals surface area contributed by atoms with Crippen molar-refractivity contribution in [3.8, 4) is 0 Å². The molecule has 2 saturated heterocycles. The van der Waals surface area contributed by atoms with E-state index >= 15 is 0 Å². The first-order valence-corrected chi connectivity index (χ1v) is 12.7. The van der Waals surface area contributed by atoms with Gasteiger partial charge in [0.15, 0.2) is 12.4 Å². The van der Waals surface area contributed by atoms with Crippen LogP contribution in [0.25, 0.3) is 0 Å². The minimum Gasteiger partial charge on any atom is -0.454 e. The van der Waals surface area contributed by atoms with E-state index in [2.05, 4.69) is 0 Å². The molecule has 2 aromatic carbocycles. The van der Waals surface area contributed by atoms with Crippen LogP contribution in [-0.2, 0) is 14.8 Å². The van der Waals surface area contributed by atoms with Gasteiger partial charge in [-0.25, -0.2) is 17.6 Å². The van der Waals surface area contributed by atoms with Gasteiger partial charge < -0.3 is 9.64 Å². The van der Waals surface area contributed by atoms with Crippen LogP contribution in [0.15, 0.2) is 47.4 Å². The summed E-state index contributed by atoms with van der Waals surface area (Å²) < 4.78 is 46.1. The monoisotopic (exact) mass is 474 g/mol. The predicted molar refractivity (Wildman–Crippen MR) is 122 cm³/mol. The van der Waals surface area contributed by atoms with E-state index in [1.807, 2.05) is 4.90 Å². The van der Waals surface area contributed by atoms with Gasteiger partial charge in [0, 0.05) is 31.7 Å². The highest BCUT2D eigenvalue weighted by molar-refractivity contribution is 7.89. The van der Waals surface area contributed by atoms with Gasteiger partial charge >= 0.3 is 5.97 Å². The summed E-state index contributed by atoms with van der Waals surface area (Å²) in [7, 11) is -3.73. The number of sulfonamides is 1. The Morgan fingerprint density at radius 3 is 2.18 bits per heavy atom. The van der Waals surface area contributed by atoms with E-state index in [0.29, 0.717) is 18.8 Å². The SMILES string of the molecule is O=C(COC(=O)c1cc(S(=O)(=O)N2CCCCC2)ccc1N1CCCC1)c1ccc(F)cc1. The standard InChI is InChI=1S/C24H27FN2O5S/c25-19-8-6-18(7-9-19)23(28)17-32-24(29)21-16-20(10-11-22(21)26-12-4-5-13-26)33(30,31)27-14-2-1-3-15-27/h6-11,16H,1-5,12-15,17H2. The molecule has 0 N–H and O–H groups in total. The van der Waals surface area contributed by atoms with Crippen LogP contribution in [-0.4, -0.2) is 57.3 Å². The third-order valence-corrected chi connectivity index (χ3v) is 7.98. The zero-order valence-electron chi connectivity index (χ0n) is 18.3. The Bertz CT molecular complexity index is 1120. The molecule has 33 heavy (non-hydrogen) atoms. The summed E-state index contributed by atoms with van der Waals surface area (Å²) in [5.41, 5.74) is 0.955. The van der Waals surface area contributed by atoms with Crippen molar-refractivity contribution in [2.75, 3.05) is 37.7 Å². The number of hydrogen-bond donors (Lipinski definition) is 0. The van der Waals surface area contributed by atoms with Crippen molar-refractivity contribution in [3.05, 3.63) is 59.4 Å². The summed E-state index contributed by atoms with van der Waals surface area (Å²) in [5.74, 6) is -1.70. The zero-order valence-corrected chi connectivity index (χ0v) is 19.2. The van der Waals surface area contributed by atoms with Gasteiger partial charge in [0.25, 0.3) is 0 Å². The molecular weight excluding hydrogens is 447 g/mol. The molecule has 176 valence electrons. The molecule has 0 unspecified atom stereocenters. The first kappa shape index (κ1) is 23.4. The van der Waals surface area contributed by atoms with Gasteiger partial charge in [-0.15, -0.1) is 0 Å². The Hall–Kier alpha value is -2.78. The summed E-state index contributed by atoms with van der Waals surface area (Å²) >= 11 is 0. The first-order chi connectivity index (χ1) is 15.9. The molecule has 2 heterocycles. The number of hydrogen-bond acceptors (Lipinski definition) is 6. The van der Waals surface area contributed by atoms with Crippen LogP contribution in [0, 0.1) is 5.82 Å². The summed E-state index contributed by atoms with van der Waals surface area (Å²) in [4.78, 5) is 27.4. The highest BCUT2D eigenvalue weighted by Crippen LogP contribution is 2.30. The highest BCUT2D eigenvalue weighted by atomic mass is 32.2. The van der Waals surface area contributed by atoms with Gasteiger partial charge in [0.2, 0.25) is 10.0 Å². The lowest BCUT2D eigenvalue weighted by Crippen LogP contribution is -2.35. The van der Waals surface area contributed by atoms with Crippen LogP contribution in [0.4, 0.5) is 10.1 Å². The molecule has 2 fully saturated rings. The van der Waals surface area contributed by atoms with E-state index in [9.17, 15) is 22.4 Å². The van der Waals surface area contributed by atoms with Crippen LogP contribution in [0.2, 0.25) is 0 Å². The second kappa shape index (κ2) is 10.0. The number of rotatable bonds is 7. The van der Waals surface area contributed by atoms with E-state index in [1.54, 1.807) is 6.07 Å². The number of ketones is 1. The molecule has 9 heteroatoms. The average molecular weight is 475 g/mol. The number of anilines is 1.